The van der Waals surface area contributed by atoms with Gasteiger partial charge in [-0.15, -0.1) is 11.3 Å². The van der Waals surface area contributed by atoms with Crippen molar-refractivity contribution in [3.63, 3.8) is 0 Å². The average Bonchev–Trinajstić information content (AvgIpc) is 2.47. The van der Waals surface area contributed by atoms with Crippen LogP contribution in [0.4, 0.5) is 0 Å². The number of thioether (sulfide) groups is 1. The lowest BCUT2D eigenvalue weighted by atomic mass is 10.3. The molecule has 0 aromatic carbocycles. The third-order valence-electron chi connectivity index (χ3n) is 1.82. The summed E-state index contributed by atoms with van der Waals surface area (Å²) in [6.07, 6.45) is 1.26. The second-order valence-corrected chi connectivity index (χ2v) is 5.51. The predicted molar refractivity (Wildman–Crippen MR) is 64.6 cm³/mol. The molecule has 0 fully saturated rings. The molecule has 0 saturated heterocycles. The number of carbonyl (C=O) groups is 1. The van der Waals surface area contributed by atoms with E-state index in [4.69, 9.17) is 5.11 Å². The number of hydrogen-bond acceptors (Lipinski definition) is 4. The van der Waals surface area contributed by atoms with E-state index >= 15 is 0 Å². The molecule has 1 aromatic heterocycles. The number of hydrogen-bond donors (Lipinski definition) is 1. The van der Waals surface area contributed by atoms with Gasteiger partial charge in [-0.2, -0.15) is 11.8 Å². The van der Waals surface area contributed by atoms with Crippen LogP contribution in [0.5, 0.6) is 0 Å². The quantitative estimate of drug-likeness (QED) is 0.783. The van der Waals surface area contributed by atoms with Crippen molar-refractivity contribution in [2.24, 2.45) is 0 Å². The Bertz CT molecular complexity index is 336. The molecule has 0 atom stereocenters. The van der Waals surface area contributed by atoms with E-state index in [2.05, 4.69) is 11.9 Å². The maximum Gasteiger partial charge on any atom is 0.308 e. The largest absolute Gasteiger partial charge is 0.481 e. The maximum absolute atomic E-state index is 10.6. The van der Waals surface area contributed by atoms with Crippen molar-refractivity contribution in [2.75, 3.05) is 5.75 Å². The molecule has 0 amide bonds. The molecule has 15 heavy (non-hydrogen) atoms. The van der Waals surface area contributed by atoms with Gasteiger partial charge in [-0.1, -0.05) is 6.92 Å². The number of aliphatic carboxylic acids is 1. The fourth-order valence-corrected chi connectivity index (χ4v) is 3.17. The third-order valence-corrected chi connectivity index (χ3v) is 4.34. The van der Waals surface area contributed by atoms with Gasteiger partial charge in [-0.25, -0.2) is 4.98 Å². The van der Waals surface area contributed by atoms with E-state index in [1.54, 1.807) is 0 Å². The van der Waals surface area contributed by atoms with Crippen molar-refractivity contribution in [2.45, 2.75) is 32.4 Å². The number of aromatic nitrogens is 1. The van der Waals surface area contributed by atoms with E-state index in [9.17, 15) is 4.79 Å². The summed E-state index contributed by atoms with van der Waals surface area (Å²) in [6, 6.07) is 0. The fraction of sp³-hybridized carbons (Fsp3) is 0.600. The molecule has 84 valence electrons. The van der Waals surface area contributed by atoms with Gasteiger partial charge in [0.2, 0.25) is 0 Å². The summed E-state index contributed by atoms with van der Waals surface area (Å²) in [5.41, 5.74) is 0.870. The lowest BCUT2D eigenvalue weighted by Crippen LogP contribution is -1.99. The minimum absolute atomic E-state index is 0.0992. The van der Waals surface area contributed by atoms with Gasteiger partial charge < -0.3 is 5.11 Å². The molecule has 0 spiro atoms. The summed E-state index contributed by atoms with van der Waals surface area (Å²) in [6.45, 7) is 4.03. The Morgan fingerprint density at radius 1 is 1.60 bits per heavy atom. The smallest absolute Gasteiger partial charge is 0.308 e. The number of thiazole rings is 1. The summed E-state index contributed by atoms with van der Waals surface area (Å²) in [4.78, 5) is 15.8. The zero-order chi connectivity index (χ0) is 11.3. The molecule has 5 heteroatoms. The van der Waals surface area contributed by atoms with E-state index in [0.717, 1.165) is 33.5 Å². The van der Waals surface area contributed by atoms with Crippen LogP contribution in [0.3, 0.4) is 0 Å². The van der Waals surface area contributed by atoms with Gasteiger partial charge in [0.1, 0.15) is 5.01 Å². The maximum atomic E-state index is 10.6. The van der Waals surface area contributed by atoms with Gasteiger partial charge in [0.15, 0.2) is 0 Å². The monoisotopic (exact) mass is 245 g/mol. The second kappa shape index (κ2) is 6.12. The van der Waals surface area contributed by atoms with Gasteiger partial charge in [-0.3, -0.25) is 4.79 Å². The Morgan fingerprint density at radius 2 is 2.33 bits per heavy atom. The van der Waals surface area contributed by atoms with E-state index in [1.807, 2.05) is 18.7 Å². The number of carboxylic acids is 1. The van der Waals surface area contributed by atoms with E-state index in [0.29, 0.717) is 0 Å². The Labute approximate surface area is 97.9 Å². The van der Waals surface area contributed by atoms with Crippen LogP contribution < -0.4 is 0 Å². The van der Waals surface area contributed by atoms with Crippen molar-refractivity contribution in [1.29, 1.82) is 0 Å². The minimum atomic E-state index is -0.783. The van der Waals surface area contributed by atoms with Crippen LogP contribution >= 0.6 is 23.1 Å². The molecular weight excluding hydrogens is 230 g/mol. The summed E-state index contributed by atoms with van der Waals surface area (Å²) in [5.74, 6) is 1.25. The van der Waals surface area contributed by atoms with Crippen molar-refractivity contribution in [3.8, 4) is 0 Å². The van der Waals surface area contributed by atoms with E-state index < -0.39 is 5.97 Å². The van der Waals surface area contributed by atoms with Crippen LogP contribution in [-0.4, -0.2) is 21.8 Å². The third kappa shape index (κ3) is 4.22. The van der Waals surface area contributed by atoms with Crippen molar-refractivity contribution in [3.05, 3.63) is 15.6 Å². The van der Waals surface area contributed by atoms with Crippen LogP contribution in [0.15, 0.2) is 0 Å². The van der Waals surface area contributed by atoms with E-state index in [-0.39, 0.29) is 6.42 Å². The van der Waals surface area contributed by atoms with Gasteiger partial charge in [0, 0.05) is 10.6 Å². The van der Waals surface area contributed by atoms with Gasteiger partial charge in [0.05, 0.1) is 12.1 Å². The normalized spacial score (nSPS) is 10.5. The standard InChI is InChI=1S/C10H15NO2S2/c1-3-4-14-6-9-11-7(2)8(15-9)5-10(12)13/h3-6H2,1-2H3,(H,12,13). The van der Waals surface area contributed by atoms with Crippen LogP contribution in [0.1, 0.15) is 28.9 Å². The molecule has 0 aliphatic carbocycles. The molecular formula is C10H15NO2S2. The van der Waals surface area contributed by atoms with Crippen LogP contribution in [0, 0.1) is 6.92 Å². The molecule has 0 radical (unpaired) electrons. The highest BCUT2D eigenvalue weighted by atomic mass is 32.2. The Morgan fingerprint density at radius 3 is 2.93 bits per heavy atom. The second-order valence-electron chi connectivity index (χ2n) is 3.24. The number of aryl methyl sites for hydroxylation is 1. The Balaban J connectivity index is 2.56. The first-order chi connectivity index (χ1) is 7.13. The zero-order valence-electron chi connectivity index (χ0n) is 8.95. The van der Waals surface area contributed by atoms with Crippen molar-refractivity contribution in [1.82, 2.24) is 4.98 Å². The number of nitrogens with zero attached hydrogens (tertiary/aromatic N) is 1. The SMILES string of the molecule is CCCSCc1nc(C)c(CC(=O)O)s1. The van der Waals surface area contributed by atoms with Crippen molar-refractivity contribution < 1.29 is 9.90 Å². The van der Waals surface area contributed by atoms with Crippen LogP contribution in [0.2, 0.25) is 0 Å². The molecule has 1 N–H and O–H groups in total. The highest BCUT2D eigenvalue weighted by Crippen LogP contribution is 2.22. The van der Waals surface area contributed by atoms with E-state index in [1.165, 1.54) is 11.3 Å². The summed E-state index contributed by atoms with van der Waals surface area (Å²) >= 11 is 3.37. The summed E-state index contributed by atoms with van der Waals surface area (Å²) in [7, 11) is 0. The number of rotatable bonds is 6. The summed E-state index contributed by atoms with van der Waals surface area (Å²) in [5, 5.41) is 9.73. The van der Waals surface area contributed by atoms with Crippen LogP contribution in [0.25, 0.3) is 0 Å². The lowest BCUT2D eigenvalue weighted by Gasteiger charge is -1.93. The molecule has 3 nitrogen and oxygen atoms in total. The first-order valence-electron chi connectivity index (χ1n) is 4.88. The lowest BCUT2D eigenvalue weighted by molar-refractivity contribution is -0.136. The number of carboxylic acid groups (broad SMARTS) is 1. The molecule has 1 aromatic rings. The fourth-order valence-electron chi connectivity index (χ4n) is 1.16. The Hall–Kier alpha value is -0.550. The average molecular weight is 245 g/mol. The van der Waals surface area contributed by atoms with Gasteiger partial charge >= 0.3 is 5.97 Å². The van der Waals surface area contributed by atoms with Crippen molar-refractivity contribution >= 4 is 29.1 Å². The predicted octanol–water partition coefficient (Wildman–Crippen LogP) is 2.72. The Kier molecular flexibility index (Phi) is 5.11. The molecule has 1 heterocycles. The van der Waals surface area contributed by atoms with Gasteiger partial charge in [-0.05, 0) is 19.1 Å². The highest BCUT2D eigenvalue weighted by molar-refractivity contribution is 7.98. The van der Waals surface area contributed by atoms with Crippen LogP contribution in [-0.2, 0) is 17.0 Å². The first-order valence-corrected chi connectivity index (χ1v) is 6.85. The summed E-state index contributed by atoms with van der Waals surface area (Å²) < 4.78 is 0. The minimum Gasteiger partial charge on any atom is -0.481 e. The highest BCUT2D eigenvalue weighted by Gasteiger charge is 2.10. The molecule has 0 aliphatic heterocycles. The molecule has 0 aliphatic rings. The zero-order valence-corrected chi connectivity index (χ0v) is 10.6. The topological polar surface area (TPSA) is 50.2 Å². The molecule has 1 rings (SSSR count). The molecule has 0 bridgehead atoms. The molecule has 0 saturated carbocycles. The first kappa shape index (κ1) is 12.5. The van der Waals surface area contributed by atoms with Gasteiger partial charge in [0.25, 0.3) is 0 Å². The molecule has 0 unspecified atom stereocenters.